The van der Waals surface area contributed by atoms with Crippen LogP contribution in [0.5, 0.6) is 0 Å². The second-order valence-electron chi connectivity index (χ2n) is 7.37. The summed E-state index contributed by atoms with van der Waals surface area (Å²) in [4.78, 5) is 15.3. The fourth-order valence-corrected chi connectivity index (χ4v) is 5.53. The highest BCUT2D eigenvalue weighted by Gasteiger charge is 2.59. The maximum Gasteiger partial charge on any atom is 0.336 e. The number of fused-ring (bicyclic) bond motifs is 1. The lowest BCUT2D eigenvalue weighted by Gasteiger charge is -2.48. The molecule has 0 unspecified atom stereocenters. The van der Waals surface area contributed by atoms with Crippen LogP contribution in [-0.2, 0) is 14.9 Å². The highest BCUT2D eigenvalue weighted by atomic mass is 16.5. The Kier molecular flexibility index (Phi) is 2.82. The van der Waals surface area contributed by atoms with Crippen LogP contribution in [0.1, 0.15) is 25.3 Å². The van der Waals surface area contributed by atoms with Crippen molar-refractivity contribution in [3.63, 3.8) is 0 Å². The van der Waals surface area contributed by atoms with Crippen molar-refractivity contribution in [1.29, 1.82) is 0 Å². The third-order valence-electron chi connectivity index (χ3n) is 6.56. The number of carbonyl (C=O) groups excluding carboxylic acids is 1. The molecule has 1 aromatic carbocycles. The van der Waals surface area contributed by atoms with Crippen LogP contribution in [0.15, 0.2) is 47.2 Å². The van der Waals surface area contributed by atoms with E-state index in [1.54, 1.807) is 0 Å². The van der Waals surface area contributed by atoms with E-state index in [1.807, 2.05) is 0 Å². The molecule has 3 heterocycles. The van der Waals surface area contributed by atoms with E-state index in [4.69, 9.17) is 4.74 Å². The van der Waals surface area contributed by atoms with Crippen molar-refractivity contribution in [3.8, 4) is 0 Å². The number of anilines is 1. The second-order valence-corrected chi connectivity index (χ2v) is 7.37. The lowest BCUT2D eigenvalue weighted by Crippen LogP contribution is -2.52. The molecule has 4 heteroatoms. The lowest BCUT2D eigenvalue weighted by atomic mass is 9.62. The summed E-state index contributed by atoms with van der Waals surface area (Å²) in [6.07, 6.45) is 4.35. The van der Waals surface area contributed by atoms with E-state index < -0.39 is 0 Å². The Hall–Kier alpha value is -2.07. The van der Waals surface area contributed by atoms with Crippen molar-refractivity contribution in [2.75, 3.05) is 25.5 Å². The monoisotopic (exact) mass is 322 g/mol. The molecule has 1 aromatic rings. The molecular formula is C20H22N2O2. The Balaban J connectivity index is 1.80. The van der Waals surface area contributed by atoms with Crippen LogP contribution < -0.4 is 5.32 Å². The van der Waals surface area contributed by atoms with Crippen molar-refractivity contribution >= 4 is 11.7 Å². The predicted molar refractivity (Wildman–Crippen MR) is 92.6 cm³/mol. The van der Waals surface area contributed by atoms with Gasteiger partial charge >= 0.3 is 5.97 Å². The third-order valence-corrected chi connectivity index (χ3v) is 6.56. The number of nitrogens with zero attached hydrogens (tertiary/aromatic N) is 1. The highest BCUT2D eigenvalue weighted by molar-refractivity contribution is 5.94. The van der Waals surface area contributed by atoms with Crippen molar-refractivity contribution < 1.29 is 9.53 Å². The Morgan fingerprint density at radius 2 is 2.25 bits per heavy atom. The molecule has 2 fully saturated rings. The zero-order chi connectivity index (χ0) is 16.5. The molecule has 3 aliphatic heterocycles. The van der Waals surface area contributed by atoms with E-state index in [-0.39, 0.29) is 17.3 Å². The number of carbonyl (C=O) groups is 1. The number of rotatable bonds is 1. The molecule has 1 spiro atoms. The molecule has 4 nitrogen and oxygen atoms in total. The minimum atomic E-state index is -0.174. The quantitative estimate of drug-likeness (QED) is 0.638. The average molecular weight is 322 g/mol. The number of methoxy groups -OCH3 is 1. The van der Waals surface area contributed by atoms with Gasteiger partial charge in [-0.05, 0) is 31.4 Å². The van der Waals surface area contributed by atoms with Crippen LogP contribution in [0, 0.1) is 5.92 Å². The van der Waals surface area contributed by atoms with Gasteiger partial charge in [-0.25, -0.2) is 4.79 Å². The van der Waals surface area contributed by atoms with Gasteiger partial charge in [-0.15, -0.1) is 0 Å². The van der Waals surface area contributed by atoms with Gasteiger partial charge in [0.2, 0.25) is 0 Å². The van der Waals surface area contributed by atoms with Gasteiger partial charge in [-0.1, -0.05) is 29.8 Å². The summed E-state index contributed by atoms with van der Waals surface area (Å²) in [5.41, 5.74) is 5.80. The van der Waals surface area contributed by atoms with Gasteiger partial charge in [-0.3, -0.25) is 4.90 Å². The Morgan fingerprint density at radius 1 is 1.42 bits per heavy atom. The maximum absolute atomic E-state index is 12.8. The van der Waals surface area contributed by atoms with Crippen LogP contribution in [0.4, 0.5) is 5.69 Å². The third kappa shape index (κ3) is 1.55. The van der Waals surface area contributed by atoms with Crippen LogP contribution in [-0.4, -0.2) is 37.1 Å². The topological polar surface area (TPSA) is 41.6 Å². The summed E-state index contributed by atoms with van der Waals surface area (Å²) in [5, 5.41) is 3.61. The van der Waals surface area contributed by atoms with Gasteiger partial charge in [-0.2, -0.15) is 0 Å². The van der Waals surface area contributed by atoms with Crippen molar-refractivity contribution in [3.05, 3.63) is 52.7 Å². The summed E-state index contributed by atoms with van der Waals surface area (Å²) < 4.78 is 5.22. The number of hydrogen-bond donors (Lipinski definition) is 1. The molecule has 124 valence electrons. The minimum Gasteiger partial charge on any atom is -0.466 e. The van der Waals surface area contributed by atoms with Crippen molar-refractivity contribution in [2.45, 2.75) is 31.2 Å². The van der Waals surface area contributed by atoms with E-state index in [2.05, 4.69) is 47.5 Å². The zero-order valence-corrected chi connectivity index (χ0v) is 14.1. The van der Waals surface area contributed by atoms with Gasteiger partial charge in [0.1, 0.15) is 0 Å². The van der Waals surface area contributed by atoms with E-state index in [1.165, 1.54) is 18.2 Å². The maximum atomic E-state index is 12.8. The second kappa shape index (κ2) is 4.73. The molecule has 2 saturated heterocycles. The summed E-state index contributed by atoms with van der Waals surface area (Å²) in [6, 6.07) is 8.94. The molecule has 24 heavy (non-hydrogen) atoms. The number of para-hydroxylation sites is 1. The molecule has 3 atom stereocenters. The smallest absolute Gasteiger partial charge is 0.336 e. The summed E-state index contributed by atoms with van der Waals surface area (Å²) >= 11 is 0. The first-order valence-electron chi connectivity index (χ1n) is 8.78. The number of ether oxygens (including phenoxy) is 1. The van der Waals surface area contributed by atoms with Crippen LogP contribution in [0.3, 0.4) is 0 Å². The zero-order valence-electron chi connectivity index (χ0n) is 14.1. The highest BCUT2D eigenvalue weighted by Crippen LogP contribution is 2.60. The standard InChI is InChI=1S/C20H22N2O2/c1-3-12-11-22-9-8-20-10-15(22)16(12)17(19(23)24-2)18(20)21-14-7-5-4-6-13(14)20/h3-7,15-16,21H,8-11H2,1-2H3/t15-,16-,20+/m1/s1. The van der Waals surface area contributed by atoms with Gasteiger partial charge in [0, 0.05) is 41.8 Å². The normalized spacial score (nSPS) is 34.8. The fraction of sp³-hybridized carbons (Fsp3) is 0.450. The van der Waals surface area contributed by atoms with E-state index in [0.717, 1.165) is 42.9 Å². The van der Waals surface area contributed by atoms with Crippen molar-refractivity contribution in [2.24, 2.45) is 5.92 Å². The predicted octanol–water partition coefficient (Wildman–Crippen LogP) is 2.83. The molecule has 0 aromatic heterocycles. The number of allylic oxidation sites excluding steroid dienone is 2. The van der Waals surface area contributed by atoms with Gasteiger partial charge in [0.25, 0.3) is 0 Å². The minimum absolute atomic E-state index is 0.0407. The molecule has 4 aliphatic rings. The molecule has 2 bridgehead atoms. The SMILES string of the molecule is CC=C1CN2CC[C@@]34C[C@@H]2[C@@H]1C(C(=O)OC)=C3Nc1ccccc14. The van der Waals surface area contributed by atoms with Crippen LogP contribution >= 0.6 is 0 Å². The number of piperidine rings is 1. The number of benzene rings is 1. The van der Waals surface area contributed by atoms with Crippen LogP contribution in [0.25, 0.3) is 0 Å². The number of hydrogen-bond acceptors (Lipinski definition) is 4. The van der Waals surface area contributed by atoms with Gasteiger partial charge in [0.15, 0.2) is 0 Å². The average Bonchev–Trinajstić information content (AvgIpc) is 3.15. The van der Waals surface area contributed by atoms with E-state index in [9.17, 15) is 4.79 Å². The summed E-state index contributed by atoms with van der Waals surface area (Å²) in [7, 11) is 1.50. The molecule has 0 radical (unpaired) electrons. The summed E-state index contributed by atoms with van der Waals surface area (Å²) in [6.45, 7) is 4.16. The molecule has 0 amide bonds. The number of nitrogens with one attached hydrogen (secondary N) is 1. The largest absolute Gasteiger partial charge is 0.466 e. The Labute approximate surface area is 142 Å². The summed E-state index contributed by atoms with van der Waals surface area (Å²) in [5.74, 6) is 0.000156. The van der Waals surface area contributed by atoms with Gasteiger partial charge < -0.3 is 10.1 Å². The first-order chi connectivity index (χ1) is 11.7. The van der Waals surface area contributed by atoms with Gasteiger partial charge in [0.05, 0.1) is 12.7 Å². The molecule has 0 saturated carbocycles. The van der Waals surface area contributed by atoms with Crippen LogP contribution in [0.2, 0.25) is 0 Å². The molecular weight excluding hydrogens is 300 g/mol. The number of esters is 1. The first kappa shape index (κ1) is 14.3. The lowest BCUT2D eigenvalue weighted by molar-refractivity contribution is -0.137. The molecule has 1 N–H and O–H groups in total. The Bertz CT molecular complexity index is 810. The Morgan fingerprint density at radius 3 is 3.04 bits per heavy atom. The van der Waals surface area contributed by atoms with E-state index in [0.29, 0.717) is 6.04 Å². The molecule has 5 rings (SSSR count). The molecule has 1 aliphatic carbocycles. The van der Waals surface area contributed by atoms with Crippen molar-refractivity contribution in [1.82, 2.24) is 4.90 Å². The fourth-order valence-electron chi connectivity index (χ4n) is 5.53. The van der Waals surface area contributed by atoms with E-state index >= 15 is 0 Å². The first-order valence-corrected chi connectivity index (χ1v) is 8.78.